The van der Waals surface area contributed by atoms with Crippen LogP contribution in [0.15, 0.2) is 46.5 Å². The molecule has 0 aliphatic heterocycles. The molecule has 6 heteroatoms. The highest BCUT2D eigenvalue weighted by Crippen LogP contribution is 2.37. The molecule has 198 valence electrons. The molecule has 0 unspecified atom stereocenters. The third kappa shape index (κ3) is 8.55. The smallest absolute Gasteiger partial charge is 0.174 e. The predicted octanol–water partition coefficient (Wildman–Crippen LogP) is 5.73. The van der Waals surface area contributed by atoms with E-state index in [1.54, 1.807) is 13.0 Å². The monoisotopic (exact) mass is 511 g/mol. The zero-order valence-corrected chi connectivity index (χ0v) is 23.9. The van der Waals surface area contributed by atoms with Gasteiger partial charge in [-0.2, -0.15) is 5.26 Å². The van der Waals surface area contributed by atoms with Crippen molar-refractivity contribution in [3.05, 3.63) is 57.1 Å². The van der Waals surface area contributed by atoms with E-state index in [1.165, 1.54) is 35.2 Å². The van der Waals surface area contributed by atoms with Crippen LogP contribution in [0.1, 0.15) is 86.0 Å². The van der Waals surface area contributed by atoms with E-state index in [-0.39, 0.29) is 10.7 Å². The summed E-state index contributed by atoms with van der Waals surface area (Å²) in [7, 11) is -1.13. The lowest BCUT2D eigenvalue weighted by Gasteiger charge is -2.43. The standard InChI is InChI=1S/C30H45N3O2S/c1-7-9-13-30(28-16-17-32-29(28)11-8-2)33(6)27-20-25(21-27)12-10-18-36(34,35)24(5)19-26(22-31)15-14-23(3)4/h11,14-17,19,25,27,32H,7-10,12-13,18,20-21H2,1-6H3/b24-19+,26-15+,29-11-,30-28+. The summed E-state index contributed by atoms with van der Waals surface area (Å²) in [6, 6.07) is 4.79. The van der Waals surface area contributed by atoms with Gasteiger partial charge in [0.05, 0.1) is 17.4 Å². The van der Waals surface area contributed by atoms with E-state index >= 15 is 0 Å². The summed E-state index contributed by atoms with van der Waals surface area (Å²) in [5.74, 6) is 0.714. The Balaban J connectivity index is 1.97. The summed E-state index contributed by atoms with van der Waals surface area (Å²) in [5, 5.41) is 11.8. The van der Waals surface area contributed by atoms with Crippen molar-refractivity contribution in [3.63, 3.8) is 0 Å². The van der Waals surface area contributed by atoms with Crippen LogP contribution in [0.3, 0.4) is 0 Å². The second-order valence-electron chi connectivity index (χ2n) is 10.3. The van der Waals surface area contributed by atoms with Gasteiger partial charge in [0.25, 0.3) is 0 Å². The van der Waals surface area contributed by atoms with E-state index in [0.717, 1.165) is 37.7 Å². The summed E-state index contributed by atoms with van der Waals surface area (Å²) in [6.45, 7) is 9.87. The average molecular weight is 512 g/mol. The molecule has 0 aromatic carbocycles. The van der Waals surface area contributed by atoms with Gasteiger partial charge in [-0.25, -0.2) is 8.42 Å². The molecule has 1 fully saturated rings. The van der Waals surface area contributed by atoms with E-state index in [1.807, 2.05) is 26.1 Å². The quantitative estimate of drug-likeness (QED) is 0.271. The first-order valence-corrected chi connectivity index (χ1v) is 15.0. The van der Waals surface area contributed by atoms with E-state index < -0.39 is 9.84 Å². The fraction of sp³-hybridized carbons (Fsp3) is 0.567. The van der Waals surface area contributed by atoms with Crippen LogP contribution in [-0.4, -0.2) is 37.1 Å². The first kappa shape index (κ1) is 29.7. The molecule has 5 nitrogen and oxygen atoms in total. The lowest BCUT2D eigenvalue weighted by molar-refractivity contribution is 0.137. The molecule has 0 spiro atoms. The molecule has 1 aliphatic carbocycles. The van der Waals surface area contributed by atoms with Crippen molar-refractivity contribution in [3.8, 4) is 6.07 Å². The number of aromatic nitrogens is 1. The minimum atomic E-state index is -3.35. The minimum absolute atomic E-state index is 0.140. The van der Waals surface area contributed by atoms with Crippen molar-refractivity contribution >= 4 is 21.6 Å². The lowest BCUT2D eigenvalue weighted by Crippen LogP contribution is -2.44. The number of nitriles is 1. The number of hydrogen-bond donors (Lipinski definition) is 1. The third-order valence-electron chi connectivity index (χ3n) is 7.05. The summed E-state index contributed by atoms with van der Waals surface area (Å²) in [4.78, 5) is 6.14. The molecule has 0 bridgehead atoms. The van der Waals surface area contributed by atoms with Crippen LogP contribution in [0, 0.1) is 17.2 Å². The lowest BCUT2D eigenvalue weighted by atomic mass is 9.76. The number of rotatable bonds is 13. The van der Waals surface area contributed by atoms with Crippen LogP contribution in [0.5, 0.6) is 0 Å². The van der Waals surface area contributed by atoms with Crippen LogP contribution in [0.4, 0.5) is 0 Å². The van der Waals surface area contributed by atoms with Gasteiger partial charge in [0.2, 0.25) is 0 Å². The Morgan fingerprint density at radius 3 is 2.53 bits per heavy atom. The molecule has 1 saturated carbocycles. The minimum Gasteiger partial charge on any atom is -0.374 e. The molecule has 0 saturated heterocycles. The Morgan fingerprint density at radius 2 is 1.92 bits per heavy atom. The highest BCUT2D eigenvalue weighted by Gasteiger charge is 2.33. The highest BCUT2D eigenvalue weighted by molar-refractivity contribution is 7.95. The van der Waals surface area contributed by atoms with Gasteiger partial charge < -0.3 is 9.88 Å². The molecule has 0 atom stereocenters. The van der Waals surface area contributed by atoms with Gasteiger partial charge in [0, 0.05) is 40.5 Å². The van der Waals surface area contributed by atoms with E-state index in [4.69, 9.17) is 0 Å². The van der Waals surface area contributed by atoms with Gasteiger partial charge >= 0.3 is 0 Å². The zero-order valence-electron chi connectivity index (χ0n) is 23.1. The van der Waals surface area contributed by atoms with Gasteiger partial charge in [-0.15, -0.1) is 0 Å². The van der Waals surface area contributed by atoms with E-state index in [2.05, 4.69) is 49.0 Å². The van der Waals surface area contributed by atoms with Gasteiger partial charge in [-0.1, -0.05) is 38.0 Å². The molecule has 1 aromatic rings. The van der Waals surface area contributed by atoms with Crippen molar-refractivity contribution in [2.75, 3.05) is 12.8 Å². The van der Waals surface area contributed by atoms with E-state index in [0.29, 0.717) is 24.0 Å². The average Bonchev–Trinajstić information content (AvgIpc) is 3.26. The summed E-state index contributed by atoms with van der Waals surface area (Å²) < 4.78 is 25.5. The number of sulfone groups is 1. The first-order valence-electron chi connectivity index (χ1n) is 13.4. The Hall–Kier alpha value is -2.52. The van der Waals surface area contributed by atoms with Crippen LogP contribution in [0.25, 0.3) is 11.8 Å². The molecular formula is C30H45N3O2S. The van der Waals surface area contributed by atoms with Crippen molar-refractivity contribution in [2.45, 2.75) is 92.0 Å². The number of unbranched alkanes of at least 4 members (excludes halogenated alkanes) is 1. The van der Waals surface area contributed by atoms with Gasteiger partial charge in [0.15, 0.2) is 9.84 Å². The molecule has 2 rings (SSSR count). The van der Waals surface area contributed by atoms with Gasteiger partial charge in [0.1, 0.15) is 0 Å². The molecule has 36 heavy (non-hydrogen) atoms. The molecule has 0 radical (unpaired) electrons. The molecule has 1 aliphatic rings. The number of H-pyrrole nitrogens is 1. The SMILES string of the molecule is CC/C=c1\[nH]cc\c1=C(\CCCC)N(C)C1CC(CCCS(=O)(=O)/C(C)=C/C(C#N)=C\C=C(C)C)C1. The van der Waals surface area contributed by atoms with Crippen molar-refractivity contribution in [1.29, 1.82) is 5.26 Å². The number of hydrogen-bond acceptors (Lipinski definition) is 4. The molecular weight excluding hydrogens is 466 g/mol. The number of allylic oxidation sites excluding steroid dienone is 6. The maximum Gasteiger partial charge on any atom is 0.174 e. The number of nitrogens with one attached hydrogen (secondary N) is 1. The molecule has 1 aromatic heterocycles. The second kappa shape index (κ2) is 14.3. The third-order valence-corrected chi connectivity index (χ3v) is 8.97. The molecule has 1 heterocycles. The normalized spacial score (nSPS) is 20.0. The van der Waals surface area contributed by atoms with E-state index in [9.17, 15) is 13.7 Å². The maximum absolute atomic E-state index is 12.7. The maximum atomic E-state index is 12.7. The molecule has 0 amide bonds. The van der Waals surface area contributed by atoms with Gasteiger partial charge in [-0.3, -0.25) is 0 Å². The Morgan fingerprint density at radius 1 is 1.19 bits per heavy atom. The number of aromatic amines is 1. The van der Waals surface area contributed by atoms with Crippen LogP contribution in [-0.2, 0) is 9.84 Å². The van der Waals surface area contributed by atoms with Crippen molar-refractivity contribution < 1.29 is 8.42 Å². The fourth-order valence-electron chi connectivity index (χ4n) is 4.73. The van der Waals surface area contributed by atoms with Gasteiger partial charge in [-0.05, 0) is 89.9 Å². The Labute approximate surface area is 218 Å². The first-order chi connectivity index (χ1) is 17.1. The topological polar surface area (TPSA) is 77.0 Å². The summed E-state index contributed by atoms with van der Waals surface area (Å²) in [6.07, 6.45) is 17.5. The summed E-state index contributed by atoms with van der Waals surface area (Å²) in [5.41, 5.74) is 2.84. The second-order valence-corrected chi connectivity index (χ2v) is 12.5. The predicted molar refractivity (Wildman–Crippen MR) is 152 cm³/mol. The summed E-state index contributed by atoms with van der Waals surface area (Å²) >= 11 is 0. The fourth-order valence-corrected chi connectivity index (χ4v) is 5.91. The molecule has 1 N–H and O–H groups in total. The number of nitrogens with zero attached hydrogens (tertiary/aromatic N) is 2. The van der Waals surface area contributed by atoms with Crippen LogP contribution in [0.2, 0.25) is 0 Å². The highest BCUT2D eigenvalue weighted by atomic mass is 32.2. The zero-order chi connectivity index (χ0) is 26.7. The van der Waals surface area contributed by atoms with Crippen LogP contribution < -0.4 is 10.6 Å². The van der Waals surface area contributed by atoms with Crippen molar-refractivity contribution in [2.24, 2.45) is 5.92 Å². The van der Waals surface area contributed by atoms with Crippen LogP contribution >= 0.6 is 0 Å². The Kier molecular flexibility index (Phi) is 11.8. The largest absolute Gasteiger partial charge is 0.374 e. The Bertz CT molecular complexity index is 1220. The van der Waals surface area contributed by atoms with Crippen molar-refractivity contribution in [1.82, 2.24) is 9.88 Å².